The predicted molar refractivity (Wildman–Crippen MR) is 66.0 cm³/mol. The molecule has 0 aliphatic heterocycles. The molecule has 0 aromatic carbocycles. The second kappa shape index (κ2) is 2.58. The maximum atomic E-state index is 11.3. The number of rotatable bonds is 0. The molecule has 2 saturated carbocycles. The van der Waals surface area contributed by atoms with Crippen molar-refractivity contribution >= 4 is 0 Å². The van der Waals surface area contributed by atoms with Gasteiger partial charge in [0.1, 0.15) is 0 Å². The maximum Gasteiger partial charge on any atom is 0.0942 e. The molecule has 2 fully saturated rings. The van der Waals surface area contributed by atoms with Crippen molar-refractivity contribution in [3.05, 3.63) is 12.2 Å². The molecule has 3 rings (SSSR count). The van der Waals surface area contributed by atoms with Crippen molar-refractivity contribution < 1.29 is 5.11 Å². The molecule has 1 nitrogen and oxygen atoms in total. The highest BCUT2D eigenvalue weighted by atomic mass is 16.3. The highest BCUT2D eigenvalue weighted by molar-refractivity contribution is 5.32. The fraction of sp³-hybridized carbons (Fsp3) is 0.867. The molecule has 1 spiro atoms. The Kier molecular flexibility index (Phi) is 1.75. The van der Waals surface area contributed by atoms with Gasteiger partial charge in [0.15, 0.2) is 0 Å². The van der Waals surface area contributed by atoms with Crippen LogP contribution in [0.3, 0.4) is 0 Å². The van der Waals surface area contributed by atoms with Gasteiger partial charge in [0.05, 0.1) is 5.60 Å². The van der Waals surface area contributed by atoms with Gasteiger partial charge in [-0.3, -0.25) is 0 Å². The number of aliphatic hydroxyl groups is 1. The molecule has 90 valence electrons. The Morgan fingerprint density at radius 2 is 1.88 bits per heavy atom. The van der Waals surface area contributed by atoms with E-state index in [1.54, 1.807) is 0 Å². The van der Waals surface area contributed by atoms with E-state index in [1.165, 1.54) is 19.3 Å². The third kappa shape index (κ3) is 0.827. The zero-order chi connectivity index (χ0) is 11.8. The van der Waals surface area contributed by atoms with Gasteiger partial charge in [-0.05, 0) is 37.0 Å². The van der Waals surface area contributed by atoms with Gasteiger partial charge >= 0.3 is 0 Å². The normalized spacial score (nSPS) is 51.7. The van der Waals surface area contributed by atoms with E-state index in [-0.39, 0.29) is 16.2 Å². The first-order valence-electron chi connectivity index (χ1n) is 6.67. The third-order valence-corrected chi connectivity index (χ3v) is 6.53. The Labute approximate surface area is 98.9 Å². The van der Waals surface area contributed by atoms with Gasteiger partial charge in [-0.2, -0.15) is 0 Å². The molecule has 0 heterocycles. The van der Waals surface area contributed by atoms with Crippen LogP contribution in [0.1, 0.15) is 53.4 Å². The standard InChI is InChI=1S/C15H24O/c1-12(2)7-5-8-15(16)13(3,4)11-6-9-14(12,15)10-11/h5,8,11,16H,6-7,9-10H2,1-4H3. The quantitative estimate of drug-likeness (QED) is 0.619. The Balaban J connectivity index is 2.23. The minimum atomic E-state index is -0.565. The average Bonchev–Trinajstić information content (AvgIpc) is 2.66. The van der Waals surface area contributed by atoms with Crippen LogP contribution >= 0.6 is 0 Å². The smallest absolute Gasteiger partial charge is 0.0942 e. The van der Waals surface area contributed by atoms with Gasteiger partial charge < -0.3 is 5.11 Å². The van der Waals surface area contributed by atoms with Crippen LogP contribution < -0.4 is 0 Å². The summed E-state index contributed by atoms with van der Waals surface area (Å²) in [6.07, 6.45) is 9.23. The molecule has 1 N–H and O–H groups in total. The van der Waals surface area contributed by atoms with Crippen molar-refractivity contribution in [3.8, 4) is 0 Å². The summed E-state index contributed by atoms with van der Waals surface area (Å²) in [7, 11) is 0. The van der Waals surface area contributed by atoms with Gasteiger partial charge in [-0.25, -0.2) is 0 Å². The minimum absolute atomic E-state index is 0.0550. The number of hydrogen-bond donors (Lipinski definition) is 1. The molecule has 0 saturated heterocycles. The molecular weight excluding hydrogens is 196 g/mol. The summed E-state index contributed by atoms with van der Waals surface area (Å²) < 4.78 is 0. The van der Waals surface area contributed by atoms with Gasteiger partial charge in [0.25, 0.3) is 0 Å². The molecule has 2 bridgehead atoms. The van der Waals surface area contributed by atoms with E-state index in [4.69, 9.17) is 0 Å². The zero-order valence-electron chi connectivity index (χ0n) is 11.0. The number of fused-ring (bicyclic) bond motifs is 1. The number of allylic oxidation sites excluding steroid dienone is 1. The SMILES string of the molecule is CC1(C)CC=CC2(O)C(C)(C)C3CCC12C3. The van der Waals surface area contributed by atoms with E-state index in [0.29, 0.717) is 5.92 Å². The Morgan fingerprint density at radius 1 is 1.19 bits per heavy atom. The van der Waals surface area contributed by atoms with Crippen molar-refractivity contribution in [1.82, 2.24) is 0 Å². The molecule has 0 radical (unpaired) electrons. The summed E-state index contributed by atoms with van der Waals surface area (Å²) >= 11 is 0. The van der Waals surface area contributed by atoms with Crippen LogP contribution in [0.25, 0.3) is 0 Å². The van der Waals surface area contributed by atoms with E-state index in [2.05, 4.69) is 39.8 Å². The first-order valence-corrected chi connectivity index (χ1v) is 6.67. The van der Waals surface area contributed by atoms with Crippen molar-refractivity contribution in [1.29, 1.82) is 0 Å². The van der Waals surface area contributed by atoms with E-state index >= 15 is 0 Å². The lowest BCUT2D eigenvalue weighted by Crippen LogP contribution is -2.60. The summed E-state index contributed by atoms with van der Waals surface area (Å²) in [6, 6.07) is 0. The fourth-order valence-electron chi connectivity index (χ4n) is 5.16. The van der Waals surface area contributed by atoms with Crippen LogP contribution in [0, 0.1) is 22.2 Å². The Bertz CT molecular complexity index is 366. The molecule has 3 aliphatic carbocycles. The summed E-state index contributed by atoms with van der Waals surface area (Å²) in [5, 5.41) is 11.3. The van der Waals surface area contributed by atoms with Crippen LogP contribution in [0.2, 0.25) is 0 Å². The average molecular weight is 220 g/mol. The molecule has 0 aromatic rings. The molecule has 3 unspecified atom stereocenters. The lowest BCUT2D eigenvalue weighted by atomic mass is 9.49. The van der Waals surface area contributed by atoms with E-state index in [9.17, 15) is 5.11 Å². The van der Waals surface area contributed by atoms with Gasteiger partial charge in [0.2, 0.25) is 0 Å². The lowest BCUT2D eigenvalue weighted by molar-refractivity contribution is -0.161. The molecular formula is C15H24O. The third-order valence-electron chi connectivity index (χ3n) is 6.53. The maximum absolute atomic E-state index is 11.3. The van der Waals surface area contributed by atoms with Crippen molar-refractivity contribution in [2.24, 2.45) is 22.2 Å². The fourth-order valence-corrected chi connectivity index (χ4v) is 5.16. The van der Waals surface area contributed by atoms with Crippen LogP contribution in [0.4, 0.5) is 0 Å². The van der Waals surface area contributed by atoms with Crippen molar-refractivity contribution in [2.45, 2.75) is 59.0 Å². The molecule has 0 amide bonds. The topological polar surface area (TPSA) is 20.2 Å². The predicted octanol–water partition coefficient (Wildman–Crippen LogP) is 3.53. The van der Waals surface area contributed by atoms with Crippen LogP contribution in [0.15, 0.2) is 12.2 Å². The minimum Gasteiger partial charge on any atom is -0.385 e. The van der Waals surface area contributed by atoms with E-state index in [1.807, 2.05) is 0 Å². The van der Waals surface area contributed by atoms with Crippen molar-refractivity contribution in [3.63, 3.8) is 0 Å². The monoisotopic (exact) mass is 220 g/mol. The number of hydrogen-bond acceptors (Lipinski definition) is 1. The van der Waals surface area contributed by atoms with Crippen molar-refractivity contribution in [2.75, 3.05) is 0 Å². The first kappa shape index (κ1) is 10.8. The summed E-state index contributed by atoms with van der Waals surface area (Å²) in [6.45, 7) is 9.24. The van der Waals surface area contributed by atoms with Crippen LogP contribution in [-0.4, -0.2) is 10.7 Å². The molecule has 3 atom stereocenters. The summed E-state index contributed by atoms with van der Waals surface area (Å²) in [4.78, 5) is 0. The van der Waals surface area contributed by atoms with Crippen LogP contribution in [-0.2, 0) is 0 Å². The molecule has 16 heavy (non-hydrogen) atoms. The van der Waals surface area contributed by atoms with E-state index < -0.39 is 5.60 Å². The molecule has 3 aliphatic rings. The van der Waals surface area contributed by atoms with Gasteiger partial charge in [0, 0.05) is 10.8 Å². The Hall–Kier alpha value is -0.300. The summed E-state index contributed by atoms with van der Waals surface area (Å²) in [5.41, 5.74) is -0.119. The zero-order valence-corrected chi connectivity index (χ0v) is 11.0. The second-order valence-corrected chi connectivity index (χ2v) is 7.50. The largest absolute Gasteiger partial charge is 0.385 e. The highest BCUT2D eigenvalue weighted by Crippen LogP contribution is 2.75. The van der Waals surface area contributed by atoms with E-state index in [0.717, 1.165) is 6.42 Å². The molecule has 0 aromatic heterocycles. The second-order valence-electron chi connectivity index (χ2n) is 7.50. The van der Waals surface area contributed by atoms with Crippen LogP contribution in [0.5, 0.6) is 0 Å². The lowest BCUT2D eigenvalue weighted by Gasteiger charge is -2.58. The Morgan fingerprint density at radius 3 is 2.50 bits per heavy atom. The van der Waals surface area contributed by atoms with Gasteiger partial charge in [-0.1, -0.05) is 39.8 Å². The highest BCUT2D eigenvalue weighted by Gasteiger charge is 2.73. The first-order chi connectivity index (χ1) is 7.27. The molecule has 1 heteroatoms. The summed E-state index contributed by atoms with van der Waals surface area (Å²) in [5.74, 6) is 0.708. The van der Waals surface area contributed by atoms with Gasteiger partial charge in [-0.15, -0.1) is 0 Å².